The number of ether oxygens (including phenoxy) is 1. The monoisotopic (exact) mass is 484 g/mol. The van der Waals surface area contributed by atoms with Crippen LogP contribution in [0.4, 0.5) is 4.79 Å². The van der Waals surface area contributed by atoms with Crippen molar-refractivity contribution in [2.24, 2.45) is 5.92 Å². The molecule has 8 heteroatoms. The van der Waals surface area contributed by atoms with Crippen LogP contribution in [0.15, 0.2) is 48.5 Å². The molecule has 0 heterocycles. The second-order valence-corrected chi connectivity index (χ2v) is 9.82. The van der Waals surface area contributed by atoms with Gasteiger partial charge in [-0.3, -0.25) is 4.79 Å². The number of hydrogen-bond acceptors (Lipinski definition) is 5. The maximum atomic E-state index is 12.8. The van der Waals surface area contributed by atoms with Gasteiger partial charge in [0.05, 0.1) is 0 Å². The van der Waals surface area contributed by atoms with Crippen LogP contribution in [0.1, 0.15) is 43.7 Å². The Hall–Kier alpha value is -3.00. The summed E-state index contributed by atoms with van der Waals surface area (Å²) >= 11 is 1.54. The Morgan fingerprint density at radius 3 is 2.09 bits per heavy atom. The molecule has 182 valence electrons. The maximum Gasteiger partial charge on any atom is 0.407 e. The third-order valence-electron chi connectivity index (χ3n) is 5.88. The van der Waals surface area contributed by atoms with Gasteiger partial charge >= 0.3 is 12.1 Å². The first-order chi connectivity index (χ1) is 16.3. The van der Waals surface area contributed by atoms with Gasteiger partial charge in [-0.25, -0.2) is 9.59 Å². The molecule has 0 radical (unpaired) electrons. The van der Waals surface area contributed by atoms with Gasteiger partial charge in [0, 0.05) is 5.92 Å². The highest BCUT2D eigenvalue weighted by molar-refractivity contribution is 7.98. The quantitative estimate of drug-likeness (QED) is 0.440. The van der Waals surface area contributed by atoms with E-state index in [2.05, 4.69) is 22.8 Å². The van der Waals surface area contributed by atoms with Crippen molar-refractivity contribution in [1.29, 1.82) is 0 Å². The predicted molar refractivity (Wildman–Crippen MR) is 134 cm³/mol. The first kappa shape index (κ1) is 25.6. The molecule has 7 nitrogen and oxygen atoms in total. The van der Waals surface area contributed by atoms with E-state index in [1.807, 2.05) is 56.5 Å². The summed E-state index contributed by atoms with van der Waals surface area (Å²) in [5, 5.41) is 14.7. The number of carbonyl (C=O) groups is 3. The molecule has 0 fully saturated rings. The molecule has 2 amide bonds. The van der Waals surface area contributed by atoms with Gasteiger partial charge in [0.2, 0.25) is 5.91 Å². The van der Waals surface area contributed by atoms with Crippen LogP contribution in [-0.2, 0) is 14.3 Å². The van der Waals surface area contributed by atoms with Crippen molar-refractivity contribution >= 4 is 29.7 Å². The number of carboxylic acids is 1. The van der Waals surface area contributed by atoms with Crippen molar-refractivity contribution in [2.75, 3.05) is 18.6 Å². The second kappa shape index (κ2) is 11.9. The average Bonchev–Trinajstić information content (AvgIpc) is 3.13. The van der Waals surface area contributed by atoms with Crippen molar-refractivity contribution in [3.63, 3.8) is 0 Å². The summed E-state index contributed by atoms with van der Waals surface area (Å²) in [5.74, 6) is -0.966. The van der Waals surface area contributed by atoms with Crippen LogP contribution in [0.3, 0.4) is 0 Å². The first-order valence-corrected chi connectivity index (χ1v) is 12.8. The fourth-order valence-electron chi connectivity index (χ4n) is 4.25. The van der Waals surface area contributed by atoms with Gasteiger partial charge in [0.15, 0.2) is 0 Å². The second-order valence-electron chi connectivity index (χ2n) is 8.83. The standard InChI is InChI=1S/C26H32N2O5S/c1-16(2)14-23(25(30)31)27-24(29)22(12-13-34-3)28-26(32)33-15-21-19-10-6-4-8-17(19)18-9-5-7-11-20(18)21/h4-11,16,21-23H,12-15H2,1-3H3,(H,27,29)(H,28,32)(H,30,31)/t22-,23-/m1/s1. The number of alkyl carbamates (subject to hydrolysis) is 1. The Bertz CT molecular complexity index is 980. The van der Waals surface area contributed by atoms with Crippen LogP contribution in [0.5, 0.6) is 0 Å². The number of aliphatic carboxylic acids is 1. The minimum Gasteiger partial charge on any atom is -0.480 e. The summed E-state index contributed by atoms with van der Waals surface area (Å²) in [5.41, 5.74) is 4.47. The van der Waals surface area contributed by atoms with Crippen LogP contribution >= 0.6 is 11.8 Å². The molecular formula is C26H32N2O5S. The van der Waals surface area contributed by atoms with Gasteiger partial charge in [0.1, 0.15) is 18.7 Å². The van der Waals surface area contributed by atoms with Gasteiger partial charge < -0.3 is 20.5 Å². The van der Waals surface area contributed by atoms with E-state index in [0.29, 0.717) is 18.6 Å². The Morgan fingerprint density at radius 1 is 0.971 bits per heavy atom. The van der Waals surface area contributed by atoms with E-state index in [1.54, 1.807) is 11.8 Å². The lowest BCUT2D eigenvalue weighted by Crippen LogP contribution is -2.52. The molecule has 0 aromatic heterocycles. The van der Waals surface area contributed by atoms with Crippen LogP contribution < -0.4 is 10.6 Å². The fraction of sp³-hybridized carbons (Fsp3) is 0.423. The molecule has 1 aliphatic rings. The Labute approximate surface area is 204 Å². The van der Waals surface area contributed by atoms with Gasteiger partial charge in [-0.05, 0) is 53.0 Å². The van der Waals surface area contributed by atoms with Crippen LogP contribution in [-0.4, -0.2) is 53.8 Å². The van der Waals surface area contributed by atoms with Gasteiger partial charge in [0.25, 0.3) is 0 Å². The van der Waals surface area contributed by atoms with Gasteiger partial charge in [-0.1, -0.05) is 62.4 Å². The molecule has 0 aliphatic heterocycles. The number of rotatable bonds is 11. The molecule has 2 atom stereocenters. The van der Waals surface area contributed by atoms with E-state index < -0.39 is 30.1 Å². The van der Waals surface area contributed by atoms with E-state index in [1.165, 1.54) is 0 Å². The van der Waals surface area contributed by atoms with Crippen molar-refractivity contribution in [1.82, 2.24) is 10.6 Å². The molecule has 0 unspecified atom stereocenters. The Morgan fingerprint density at radius 2 is 1.56 bits per heavy atom. The number of amides is 2. The van der Waals surface area contributed by atoms with E-state index in [-0.39, 0.29) is 18.4 Å². The molecule has 2 aromatic rings. The largest absolute Gasteiger partial charge is 0.480 e. The lowest BCUT2D eigenvalue weighted by molar-refractivity contribution is -0.142. The number of nitrogens with one attached hydrogen (secondary N) is 2. The molecule has 0 saturated carbocycles. The molecule has 0 saturated heterocycles. The molecule has 3 rings (SSSR count). The molecule has 3 N–H and O–H groups in total. The minimum atomic E-state index is -1.09. The lowest BCUT2D eigenvalue weighted by atomic mass is 9.98. The molecule has 1 aliphatic carbocycles. The van der Waals surface area contributed by atoms with Crippen LogP contribution in [0.25, 0.3) is 11.1 Å². The van der Waals surface area contributed by atoms with E-state index in [0.717, 1.165) is 22.3 Å². The molecule has 34 heavy (non-hydrogen) atoms. The van der Waals surface area contributed by atoms with Crippen molar-refractivity contribution in [3.8, 4) is 11.1 Å². The third kappa shape index (κ3) is 6.32. The number of thioether (sulfide) groups is 1. The summed E-state index contributed by atoms with van der Waals surface area (Å²) < 4.78 is 5.56. The summed E-state index contributed by atoms with van der Waals surface area (Å²) in [6, 6.07) is 14.2. The number of carbonyl (C=O) groups excluding carboxylic acids is 2. The van der Waals surface area contributed by atoms with Crippen molar-refractivity contribution in [2.45, 2.75) is 44.7 Å². The number of carboxylic acid groups (broad SMARTS) is 1. The Kier molecular flexibility index (Phi) is 8.98. The summed E-state index contributed by atoms with van der Waals surface area (Å²) in [6.07, 6.45) is 1.88. The van der Waals surface area contributed by atoms with Crippen LogP contribution in [0, 0.1) is 5.92 Å². The number of hydrogen-bond donors (Lipinski definition) is 3. The molecule has 0 spiro atoms. The van der Waals surface area contributed by atoms with Crippen molar-refractivity contribution < 1.29 is 24.2 Å². The molecule has 0 bridgehead atoms. The topological polar surface area (TPSA) is 105 Å². The maximum absolute atomic E-state index is 12.8. The highest BCUT2D eigenvalue weighted by Crippen LogP contribution is 2.44. The highest BCUT2D eigenvalue weighted by Gasteiger charge is 2.30. The third-order valence-corrected chi connectivity index (χ3v) is 6.53. The average molecular weight is 485 g/mol. The smallest absolute Gasteiger partial charge is 0.407 e. The predicted octanol–water partition coefficient (Wildman–Crippen LogP) is 4.26. The summed E-state index contributed by atoms with van der Waals surface area (Å²) in [7, 11) is 0. The summed E-state index contributed by atoms with van der Waals surface area (Å²) in [6.45, 7) is 3.92. The van der Waals surface area contributed by atoms with Gasteiger partial charge in [-0.2, -0.15) is 11.8 Å². The van der Waals surface area contributed by atoms with Crippen molar-refractivity contribution in [3.05, 3.63) is 59.7 Å². The highest BCUT2D eigenvalue weighted by atomic mass is 32.2. The van der Waals surface area contributed by atoms with Gasteiger partial charge in [-0.15, -0.1) is 0 Å². The normalized spacial score (nSPS) is 14.1. The zero-order valence-corrected chi connectivity index (χ0v) is 20.6. The van der Waals surface area contributed by atoms with Crippen LogP contribution in [0.2, 0.25) is 0 Å². The SMILES string of the molecule is CSCC[C@@H](NC(=O)OCC1c2ccccc2-c2ccccc21)C(=O)N[C@H](CC(C)C)C(=O)O. The fourth-order valence-corrected chi connectivity index (χ4v) is 4.72. The van der Waals surface area contributed by atoms with E-state index in [9.17, 15) is 19.5 Å². The summed E-state index contributed by atoms with van der Waals surface area (Å²) in [4.78, 5) is 37.0. The number of fused-ring (bicyclic) bond motifs is 3. The lowest BCUT2D eigenvalue weighted by Gasteiger charge is -2.22. The van der Waals surface area contributed by atoms with E-state index in [4.69, 9.17) is 4.74 Å². The zero-order chi connectivity index (χ0) is 24.7. The first-order valence-electron chi connectivity index (χ1n) is 11.5. The zero-order valence-electron chi connectivity index (χ0n) is 19.7. The minimum absolute atomic E-state index is 0.0842. The van der Waals surface area contributed by atoms with E-state index >= 15 is 0 Å². The number of benzene rings is 2. The molecular weight excluding hydrogens is 452 g/mol. The Balaban J connectivity index is 1.65. The molecule has 2 aromatic carbocycles.